The molecule has 0 unspecified atom stereocenters. The number of nitrogens with zero attached hydrogens (tertiary/aromatic N) is 3. The minimum atomic E-state index is -4.35. The number of rotatable bonds is 5. The summed E-state index contributed by atoms with van der Waals surface area (Å²) in [5.41, 5.74) is 5.04. The summed E-state index contributed by atoms with van der Waals surface area (Å²) in [4.78, 5) is 33.3. The molecule has 3 aromatic carbocycles. The number of hydrogen-bond acceptors (Lipinski definition) is 4. The molecule has 3 N–H and O–H groups in total. The summed E-state index contributed by atoms with van der Waals surface area (Å²) in [5.74, 6) is -0.167. The van der Waals surface area contributed by atoms with Gasteiger partial charge in [0.15, 0.2) is 0 Å². The number of anilines is 1. The largest absolute Gasteiger partial charge is 0.416 e. The average Bonchev–Trinajstić information content (AvgIpc) is 3.39. The average molecular weight is 601 g/mol. The monoisotopic (exact) mass is 600 g/mol. The number of aromatic nitrogens is 1. The maximum absolute atomic E-state index is 13.2. The standard InChI is InChI=1S/C33H31F3N6O2/c34-33(35,36)24-6-1-22(2-7-24)19-41-14-13-30-28(20-41)27-17-23(5-10-29(27)40-30)31(43)38-26-11-15-42(16-12-26)32(44)39-25-8-3-21(18-37)4-9-25/h1-10,17,26,40H,11-16,19-20H2,(H,38,43)(H,39,44). The fraction of sp³-hybridized carbons (Fsp3) is 0.303. The number of benzene rings is 3. The van der Waals surface area contributed by atoms with E-state index in [0.717, 1.165) is 52.8 Å². The molecule has 4 aromatic rings. The van der Waals surface area contributed by atoms with Crippen LogP contribution in [0.3, 0.4) is 0 Å². The maximum Gasteiger partial charge on any atom is 0.416 e. The molecule has 0 bridgehead atoms. The molecule has 0 atom stereocenters. The number of halogens is 3. The number of piperidine rings is 1. The number of amides is 3. The minimum absolute atomic E-state index is 0.0588. The van der Waals surface area contributed by atoms with Gasteiger partial charge in [-0.25, -0.2) is 4.79 Å². The molecule has 0 saturated carbocycles. The summed E-state index contributed by atoms with van der Waals surface area (Å²) in [6.07, 6.45) is -2.31. The first-order valence-electron chi connectivity index (χ1n) is 14.6. The Morgan fingerprint density at radius 3 is 2.39 bits per heavy atom. The number of carbonyl (C=O) groups excluding carboxylic acids is 2. The lowest BCUT2D eigenvalue weighted by Gasteiger charge is -2.32. The molecule has 6 rings (SSSR count). The Morgan fingerprint density at radius 2 is 1.70 bits per heavy atom. The van der Waals surface area contributed by atoms with Crippen LogP contribution in [0.5, 0.6) is 0 Å². The van der Waals surface area contributed by atoms with Crippen molar-refractivity contribution in [1.82, 2.24) is 20.1 Å². The van der Waals surface area contributed by atoms with Crippen LogP contribution in [0, 0.1) is 11.3 Å². The third-order valence-electron chi connectivity index (χ3n) is 8.39. The van der Waals surface area contributed by atoms with Crippen LogP contribution in [0.25, 0.3) is 10.9 Å². The van der Waals surface area contributed by atoms with Crippen molar-refractivity contribution in [2.45, 2.75) is 44.6 Å². The van der Waals surface area contributed by atoms with Crippen LogP contribution >= 0.6 is 0 Å². The van der Waals surface area contributed by atoms with Crippen LogP contribution in [0.4, 0.5) is 23.7 Å². The number of H-pyrrole nitrogens is 1. The second kappa shape index (κ2) is 12.1. The Bertz CT molecular complexity index is 1720. The Balaban J connectivity index is 1.05. The molecular weight excluding hydrogens is 569 g/mol. The maximum atomic E-state index is 13.2. The highest BCUT2D eigenvalue weighted by Gasteiger charge is 2.30. The van der Waals surface area contributed by atoms with Crippen molar-refractivity contribution in [2.24, 2.45) is 0 Å². The second-order valence-corrected chi connectivity index (χ2v) is 11.4. The molecule has 8 nitrogen and oxygen atoms in total. The van der Waals surface area contributed by atoms with Gasteiger partial charge in [0.25, 0.3) is 5.91 Å². The fourth-order valence-corrected chi connectivity index (χ4v) is 5.93. The molecule has 226 valence electrons. The third-order valence-corrected chi connectivity index (χ3v) is 8.39. The normalized spacial score (nSPS) is 15.9. The molecule has 3 amide bonds. The Labute approximate surface area is 252 Å². The molecule has 1 aromatic heterocycles. The van der Waals surface area contributed by atoms with Crippen LogP contribution in [0.2, 0.25) is 0 Å². The Hall–Kier alpha value is -4.82. The highest BCUT2D eigenvalue weighted by atomic mass is 19.4. The van der Waals surface area contributed by atoms with E-state index in [-0.39, 0.29) is 18.0 Å². The summed E-state index contributed by atoms with van der Waals surface area (Å²) >= 11 is 0. The lowest BCUT2D eigenvalue weighted by molar-refractivity contribution is -0.137. The number of alkyl halides is 3. The van der Waals surface area contributed by atoms with Crippen LogP contribution < -0.4 is 10.6 Å². The molecule has 1 saturated heterocycles. The molecule has 2 aliphatic heterocycles. The van der Waals surface area contributed by atoms with Gasteiger partial charge < -0.3 is 20.5 Å². The summed E-state index contributed by atoms with van der Waals surface area (Å²) in [7, 11) is 0. The fourth-order valence-electron chi connectivity index (χ4n) is 5.93. The molecule has 0 radical (unpaired) electrons. The first kappa shape index (κ1) is 29.3. The van der Waals surface area contributed by atoms with Crippen molar-refractivity contribution in [1.29, 1.82) is 5.26 Å². The molecule has 11 heteroatoms. The molecule has 3 heterocycles. The number of carbonyl (C=O) groups is 2. The van der Waals surface area contributed by atoms with Gasteiger partial charge >= 0.3 is 12.2 Å². The van der Waals surface area contributed by atoms with Crippen LogP contribution in [-0.2, 0) is 25.7 Å². The van der Waals surface area contributed by atoms with Crippen molar-refractivity contribution < 1.29 is 22.8 Å². The Morgan fingerprint density at radius 1 is 0.977 bits per heavy atom. The van der Waals surface area contributed by atoms with Gasteiger partial charge in [-0.3, -0.25) is 9.69 Å². The van der Waals surface area contributed by atoms with Crippen molar-refractivity contribution in [3.05, 3.63) is 100 Å². The topological polar surface area (TPSA) is 104 Å². The summed E-state index contributed by atoms with van der Waals surface area (Å²) in [6.45, 7) is 2.95. The van der Waals surface area contributed by atoms with E-state index in [4.69, 9.17) is 5.26 Å². The highest BCUT2D eigenvalue weighted by Crippen LogP contribution is 2.31. The van der Waals surface area contributed by atoms with Crippen LogP contribution in [0.1, 0.15) is 51.1 Å². The summed E-state index contributed by atoms with van der Waals surface area (Å²) in [6, 6.07) is 19.4. The van der Waals surface area contributed by atoms with E-state index < -0.39 is 11.7 Å². The number of hydrogen-bond donors (Lipinski definition) is 3. The van der Waals surface area contributed by atoms with Gasteiger partial charge in [0.05, 0.1) is 17.2 Å². The first-order valence-corrected chi connectivity index (χ1v) is 14.6. The predicted molar refractivity (Wildman–Crippen MR) is 160 cm³/mol. The quantitative estimate of drug-likeness (QED) is 0.260. The van der Waals surface area contributed by atoms with Crippen LogP contribution in [-0.4, -0.2) is 52.4 Å². The van der Waals surface area contributed by atoms with E-state index in [1.807, 2.05) is 12.1 Å². The van der Waals surface area contributed by atoms with E-state index in [1.165, 1.54) is 12.1 Å². The van der Waals surface area contributed by atoms with E-state index in [9.17, 15) is 22.8 Å². The SMILES string of the molecule is N#Cc1ccc(NC(=O)N2CCC(NC(=O)c3ccc4[nH]c5c(c4c3)CN(Cc3ccc(C(F)(F)F)cc3)CC5)CC2)cc1. The number of urea groups is 1. The lowest BCUT2D eigenvalue weighted by Crippen LogP contribution is -2.47. The predicted octanol–water partition coefficient (Wildman–Crippen LogP) is 6.04. The van der Waals surface area contributed by atoms with Crippen LogP contribution in [0.15, 0.2) is 66.7 Å². The minimum Gasteiger partial charge on any atom is -0.358 e. The molecule has 1 fully saturated rings. The summed E-state index contributed by atoms with van der Waals surface area (Å²) in [5, 5.41) is 15.9. The van der Waals surface area contributed by atoms with Gasteiger partial charge in [-0.05, 0) is 78.6 Å². The molecule has 0 aliphatic carbocycles. The molecule has 0 spiro atoms. The smallest absolute Gasteiger partial charge is 0.358 e. The van der Waals surface area contributed by atoms with Gasteiger partial charge in [0, 0.05) is 73.0 Å². The number of nitrogens with one attached hydrogen (secondary N) is 3. The van der Waals surface area contributed by atoms with E-state index in [0.29, 0.717) is 55.8 Å². The zero-order valence-corrected chi connectivity index (χ0v) is 23.9. The van der Waals surface area contributed by atoms with Gasteiger partial charge in [0.2, 0.25) is 0 Å². The highest BCUT2D eigenvalue weighted by molar-refractivity contribution is 5.99. The second-order valence-electron chi connectivity index (χ2n) is 11.4. The van der Waals surface area contributed by atoms with Gasteiger partial charge in [-0.1, -0.05) is 12.1 Å². The zero-order valence-electron chi connectivity index (χ0n) is 23.9. The lowest BCUT2D eigenvalue weighted by atomic mass is 10.0. The van der Waals surface area contributed by atoms with E-state index in [1.54, 1.807) is 35.2 Å². The number of nitriles is 1. The molecule has 2 aliphatic rings. The number of fused-ring (bicyclic) bond motifs is 3. The van der Waals surface area contributed by atoms with Crippen molar-refractivity contribution in [2.75, 3.05) is 25.0 Å². The number of aromatic amines is 1. The van der Waals surface area contributed by atoms with Gasteiger partial charge in [0.1, 0.15) is 0 Å². The van der Waals surface area contributed by atoms with Crippen molar-refractivity contribution in [3.63, 3.8) is 0 Å². The Kier molecular flexibility index (Phi) is 8.01. The van der Waals surface area contributed by atoms with E-state index in [2.05, 4.69) is 26.6 Å². The van der Waals surface area contributed by atoms with Crippen molar-refractivity contribution in [3.8, 4) is 6.07 Å². The molecule has 44 heavy (non-hydrogen) atoms. The summed E-state index contributed by atoms with van der Waals surface area (Å²) < 4.78 is 38.8. The van der Waals surface area contributed by atoms with E-state index >= 15 is 0 Å². The number of likely N-dealkylation sites (tertiary alicyclic amines) is 1. The molecular formula is C33H31F3N6O2. The first-order chi connectivity index (χ1) is 21.2. The third kappa shape index (κ3) is 6.40. The zero-order chi connectivity index (χ0) is 30.8. The van der Waals surface area contributed by atoms with Gasteiger partial charge in [-0.15, -0.1) is 0 Å². The van der Waals surface area contributed by atoms with Gasteiger partial charge in [-0.2, -0.15) is 18.4 Å². The van der Waals surface area contributed by atoms with Crippen molar-refractivity contribution >= 4 is 28.5 Å².